The van der Waals surface area contributed by atoms with Crippen LogP contribution in [-0.2, 0) is 4.74 Å². The molecule has 6 nitrogen and oxygen atoms in total. The number of nitrogens with zero attached hydrogens (tertiary/aromatic N) is 1. The maximum absolute atomic E-state index is 12.7. The minimum absolute atomic E-state index is 0.313. The van der Waals surface area contributed by atoms with Crippen LogP contribution in [0.25, 0.3) is 11.3 Å². The first-order valence-electron chi connectivity index (χ1n) is 9.34. The second-order valence-electron chi connectivity index (χ2n) is 7.54. The fourth-order valence-electron chi connectivity index (χ4n) is 2.69. The number of rotatable bonds is 4. The molecule has 0 saturated carbocycles. The second kappa shape index (κ2) is 8.97. The van der Waals surface area contributed by atoms with E-state index in [1.807, 2.05) is 0 Å². The van der Waals surface area contributed by atoms with Crippen LogP contribution >= 0.6 is 11.6 Å². The highest BCUT2D eigenvalue weighted by atomic mass is 35.5. The van der Waals surface area contributed by atoms with Gasteiger partial charge in [0.1, 0.15) is 5.60 Å². The van der Waals surface area contributed by atoms with Gasteiger partial charge >= 0.3 is 6.09 Å². The lowest BCUT2D eigenvalue weighted by molar-refractivity contribution is 0.0635. The van der Waals surface area contributed by atoms with E-state index in [-0.39, 0.29) is 5.91 Å². The van der Waals surface area contributed by atoms with E-state index in [9.17, 15) is 9.59 Å². The minimum atomic E-state index is -0.624. The van der Waals surface area contributed by atoms with Gasteiger partial charge in [-0.05, 0) is 57.2 Å². The first-order valence-corrected chi connectivity index (χ1v) is 9.72. The molecule has 2 amide bonds. The Hall–Kier alpha value is -3.38. The molecule has 154 valence electrons. The van der Waals surface area contributed by atoms with Gasteiger partial charge in [0.15, 0.2) is 0 Å². The smallest absolute Gasteiger partial charge is 0.412 e. The highest BCUT2D eigenvalue weighted by Gasteiger charge is 2.18. The maximum Gasteiger partial charge on any atom is 0.412 e. The maximum atomic E-state index is 12.7. The molecule has 0 bridgehead atoms. The third-order valence-electron chi connectivity index (χ3n) is 3.99. The van der Waals surface area contributed by atoms with Crippen molar-refractivity contribution in [3.05, 3.63) is 77.4 Å². The molecule has 0 saturated heterocycles. The van der Waals surface area contributed by atoms with E-state index in [0.717, 1.165) is 5.56 Å². The van der Waals surface area contributed by atoms with Gasteiger partial charge in [0.05, 0.1) is 22.1 Å². The Bertz CT molecular complexity index is 1060. The average Bonchev–Trinajstić information content (AvgIpc) is 2.68. The Balaban J connectivity index is 1.74. The van der Waals surface area contributed by atoms with E-state index in [1.54, 1.807) is 87.6 Å². The number of pyridine rings is 1. The van der Waals surface area contributed by atoms with Gasteiger partial charge < -0.3 is 10.1 Å². The number of aromatic nitrogens is 1. The topological polar surface area (TPSA) is 80.3 Å². The first kappa shape index (κ1) is 21.3. The van der Waals surface area contributed by atoms with Crippen molar-refractivity contribution in [2.45, 2.75) is 26.4 Å². The number of amides is 2. The number of carbonyl (C=O) groups excluding carboxylic acids is 2. The highest BCUT2D eigenvalue weighted by molar-refractivity contribution is 6.33. The van der Waals surface area contributed by atoms with Gasteiger partial charge in [0.25, 0.3) is 5.91 Å². The van der Waals surface area contributed by atoms with Crippen molar-refractivity contribution in [1.29, 1.82) is 0 Å². The summed E-state index contributed by atoms with van der Waals surface area (Å²) in [6.45, 7) is 5.34. The molecule has 0 atom stereocenters. The largest absolute Gasteiger partial charge is 0.444 e. The molecule has 1 aromatic heterocycles. The Labute approximate surface area is 180 Å². The minimum Gasteiger partial charge on any atom is -0.444 e. The van der Waals surface area contributed by atoms with E-state index >= 15 is 0 Å². The SMILES string of the molecule is CC(C)(C)OC(=O)Nc1ccccc1NC(=O)c1ccc(-c2ncccc2Cl)cc1. The van der Waals surface area contributed by atoms with Crippen molar-refractivity contribution in [2.24, 2.45) is 0 Å². The molecule has 7 heteroatoms. The van der Waals surface area contributed by atoms with Crippen LogP contribution in [0.4, 0.5) is 16.2 Å². The number of halogens is 1. The van der Waals surface area contributed by atoms with Gasteiger partial charge in [-0.3, -0.25) is 15.1 Å². The number of carbonyl (C=O) groups is 2. The Morgan fingerprint density at radius 3 is 2.13 bits per heavy atom. The number of para-hydroxylation sites is 2. The van der Waals surface area contributed by atoms with Crippen LogP contribution in [0.3, 0.4) is 0 Å². The molecule has 0 aliphatic carbocycles. The fourth-order valence-corrected chi connectivity index (χ4v) is 2.92. The summed E-state index contributed by atoms with van der Waals surface area (Å²) in [5.41, 5.74) is 2.20. The lowest BCUT2D eigenvalue weighted by atomic mass is 10.1. The third kappa shape index (κ3) is 5.58. The van der Waals surface area contributed by atoms with Crippen LogP contribution in [0.15, 0.2) is 66.9 Å². The van der Waals surface area contributed by atoms with Crippen LogP contribution in [0.1, 0.15) is 31.1 Å². The molecule has 0 fully saturated rings. The molecular formula is C23H22ClN3O3. The summed E-state index contributed by atoms with van der Waals surface area (Å²) in [6.07, 6.45) is 1.07. The Morgan fingerprint density at radius 2 is 1.53 bits per heavy atom. The highest BCUT2D eigenvalue weighted by Crippen LogP contribution is 2.26. The van der Waals surface area contributed by atoms with Gasteiger partial charge in [-0.1, -0.05) is 35.9 Å². The zero-order chi connectivity index (χ0) is 21.7. The molecule has 3 aromatic rings. The Kier molecular flexibility index (Phi) is 6.37. The van der Waals surface area contributed by atoms with E-state index < -0.39 is 11.7 Å². The van der Waals surface area contributed by atoms with Crippen molar-refractivity contribution in [3.63, 3.8) is 0 Å². The third-order valence-corrected chi connectivity index (χ3v) is 4.29. The molecule has 0 aliphatic heterocycles. The quantitative estimate of drug-likeness (QED) is 0.539. The molecule has 2 N–H and O–H groups in total. The van der Waals surface area contributed by atoms with Crippen LogP contribution in [0.5, 0.6) is 0 Å². The molecule has 3 rings (SSSR count). The van der Waals surface area contributed by atoms with Gasteiger partial charge in [0, 0.05) is 17.3 Å². The van der Waals surface area contributed by atoms with E-state index in [1.165, 1.54) is 0 Å². The summed E-state index contributed by atoms with van der Waals surface area (Å²) in [4.78, 5) is 29.0. The van der Waals surface area contributed by atoms with Gasteiger partial charge in [-0.15, -0.1) is 0 Å². The molecule has 0 spiro atoms. The normalized spacial score (nSPS) is 10.9. The summed E-state index contributed by atoms with van der Waals surface area (Å²) < 4.78 is 5.27. The molecule has 30 heavy (non-hydrogen) atoms. The summed E-state index contributed by atoms with van der Waals surface area (Å²) in [7, 11) is 0. The standard InChI is InChI=1S/C23H22ClN3O3/c1-23(2,3)30-22(29)27-19-9-5-4-8-18(19)26-21(28)16-12-10-15(11-13-16)20-17(24)7-6-14-25-20/h4-14H,1-3H3,(H,26,28)(H,27,29). The lowest BCUT2D eigenvalue weighted by Crippen LogP contribution is -2.27. The molecule has 0 aliphatic rings. The van der Waals surface area contributed by atoms with Gasteiger partial charge in [-0.2, -0.15) is 0 Å². The number of benzene rings is 2. The van der Waals surface area contributed by atoms with Crippen molar-refractivity contribution < 1.29 is 14.3 Å². The lowest BCUT2D eigenvalue weighted by Gasteiger charge is -2.20. The van der Waals surface area contributed by atoms with E-state index in [4.69, 9.17) is 16.3 Å². The predicted octanol–water partition coefficient (Wildman–Crippen LogP) is 6.00. The van der Waals surface area contributed by atoms with E-state index in [2.05, 4.69) is 15.6 Å². The molecule has 0 radical (unpaired) electrons. The average molecular weight is 424 g/mol. The summed E-state index contributed by atoms with van der Waals surface area (Å²) >= 11 is 6.18. The van der Waals surface area contributed by atoms with E-state index in [0.29, 0.717) is 27.7 Å². The predicted molar refractivity (Wildman–Crippen MR) is 119 cm³/mol. The summed E-state index contributed by atoms with van der Waals surface area (Å²) in [5, 5.41) is 6.02. The Morgan fingerprint density at radius 1 is 0.900 bits per heavy atom. The zero-order valence-electron chi connectivity index (χ0n) is 16.9. The molecular weight excluding hydrogens is 402 g/mol. The van der Waals surface area contributed by atoms with Crippen molar-refractivity contribution in [1.82, 2.24) is 4.98 Å². The fraction of sp³-hybridized carbons (Fsp3) is 0.174. The summed E-state index contributed by atoms with van der Waals surface area (Å²) in [6, 6.07) is 17.4. The van der Waals surface area contributed by atoms with Crippen LogP contribution in [-0.4, -0.2) is 22.6 Å². The molecule has 1 heterocycles. The van der Waals surface area contributed by atoms with Gasteiger partial charge in [-0.25, -0.2) is 4.79 Å². The molecule has 2 aromatic carbocycles. The first-order chi connectivity index (χ1) is 14.2. The zero-order valence-corrected chi connectivity index (χ0v) is 17.7. The van der Waals surface area contributed by atoms with Gasteiger partial charge in [0.2, 0.25) is 0 Å². The number of nitrogens with one attached hydrogen (secondary N) is 2. The number of hydrogen-bond acceptors (Lipinski definition) is 4. The summed E-state index contributed by atoms with van der Waals surface area (Å²) in [5.74, 6) is -0.313. The second-order valence-corrected chi connectivity index (χ2v) is 7.94. The van der Waals surface area contributed by atoms with Crippen LogP contribution in [0.2, 0.25) is 5.02 Å². The molecule has 0 unspecified atom stereocenters. The number of anilines is 2. The van der Waals surface area contributed by atoms with Crippen LogP contribution < -0.4 is 10.6 Å². The van der Waals surface area contributed by atoms with Crippen molar-refractivity contribution in [2.75, 3.05) is 10.6 Å². The monoisotopic (exact) mass is 423 g/mol. The van der Waals surface area contributed by atoms with Crippen molar-refractivity contribution in [3.8, 4) is 11.3 Å². The van der Waals surface area contributed by atoms with Crippen LogP contribution in [0, 0.1) is 0 Å². The number of hydrogen-bond donors (Lipinski definition) is 2. The number of ether oxygens (including phenoxy) is 1. The van der Waals surface area contributed by atoms with Crippen molar-refractivity contribution >= 4 is 35.0 Å².